The van der Waals surface area contributed by atoms with Crippen molar-refractivity contribution in [2.24, 2.45) is 0 Å². The first kappa shape index (κ1) is 18.5. The number of amides is 2. The van der Waals surface area contributed by atoms with E-state index in [1.807, 2.05) is 13.8 Å². The van der Waals surface area contributed by atoms with Crippen molar-refractivity contribution in [3.8, 4) is 0 Å². The van der Waals surface area contributed by atoms with Gasteiger partial charge in [0.2, 0.25) is 0 Å². The molecule has 7 nitrogen and oxygen atoms in total. The van der Waals surface area contributed by atoms with Gasteiger partial charge in [-0.3, -0.25) is 4.90 Å². The number of methoxy groups -OCH3 is 2. The van der Waals surface area contributed by atoms with Crippen molar-refractivity contribution in [2.45, 2.75) is 32.9 Å². The highest BCUT2D eigenvalue weighted by Crippen LogP contribution is 2.32. The predicted molar refractivity (Wildman–Crippen MR) is 90.7 cm³/mol. The molecule has 1 heterocycles. The average molecular weight is 346 g/mol. The monoisotopic (exact) mass is 346 g/mol. The number of benzene rings is 1. The molecule has 0 fully saturated rings. The molecule has 1 aromatic carbocycles. The molecule has 0 saturated heterocycles. The van der Waals surface area contributed by atoms with Crippen LogP contribution in [0.25, 0.3) is 0 Å². The molecule has 0 saturated carbocycles. The van der Waals surface area contributed by atoms with Crippen molar-refractivity contribution in [3.05, 3.63) is 46.7 Å². The second-order valence-electron chi connectivity index (χ2n) is 5.95. The maximum absolute atomic E-state index is 12.5. The first-order valence-electron chi connectivity index (χ1n) is 7.88. The molecule has 0 bridgehead atoms. The summed E-state index contributed by atoms with van der Waals surface area (Å²) in [6.45, 7) is 5.45. The maximum Gasteiger partial charge on any atom is 0.337 e. The van der Waals surface area contributed by atoms with E-state index in [0.29, 0.717) is 22.4 Å². The lowest BCUT2D eigenvalue weighted by Gasteiger charge is -2.37. The number of rotatable bonds is 4. The summed E-state index contributed by atoms with van der Waals surface area (Å²) in [7, 11) is 2.61. The van der Waals surface area contributed by atoms with E-state index >= 15 is 0 Å². The van der Waals surface area contributed by atoms with Crippen LogP contribution in [0.15, 0.2) is 35.5 Å². The Morgan fingerprint density at radius 1 is 1.08 bits per heavy atom. The number of esters is 2. The molecule has 134 valence electrons. The van der Waals surface area contributed by atoms with Gasteiger partial charge in [-0.05, 0) is 38.5 Å². The van der Waals surface area contributed by atoms with Crippen molar-refractivity contribution < 1.29 is 23.9 Å². The van der Waals surface area contributed by atoms with Crippen LogP contribution in [0.5, 0.6) is 0 Å². The van der Waals surface area contributed by atoms with Gasteiger partial charge in [-0.1, -0.05) is 12.1 Å². The van der Waals surface area contributed by atoms with Gasteiger partial charge in [-0.25, -0.2) is 14.4 Å². The first-order valence-corrected chi connectivity index (χ1v) is 7.88. The Morgan fingerprint density at radius 2 is 1.64 bits per heavy atom. The molecule has 0 unspecified atom stereocenters. The van der Waals surface area contributed by atoms with Gasteiger partial charge in [0.1, 0.15) is 0 Å². The highest BCUT2D eigenvalue weighted by molar-refractivity contribution is 5.95. The number of ether oxygens (including phenoxy) is 2. The number of hydrogen-bond acceptors (Lipinski definition) is 5. The predicted octanol–water partition coefficient (Wildman–Crippen LogP) is 2.39. The molecule has 1 N–H and O–H groups in total. The van der Waals surface area contributed by atoms with Gasteiger partial charge < -0.3 is 14.8 Å². The van der Waals surface area contributed by atoms with E-state index in [4.69, 9.17) is 4.74 Å². The molecule has 2 amide bonds. The Labute approximate surface area is 146 Å². The third-order valence-corrected chi connectivity index (χ3v) is 4.11. The molecular weight excluding hydrogens is 324 g/mol. The fraction of sp³-hybridized carbons (Fsp3) is 0.389. The molecule has 2 rings (SSSR count). The second-order valence-corrected chi connectivity index (χ2v) is 5.95. The van der Waals surface area contributed by atoms with Gasteiger partial charge in [0.25, 0.3) is 0 Å². The van der Waals surface area contributed by atoms with E-state index < -0.39 is 18.0 Å². The fourth-order valence-corrected chi connectivity index (χ4v) is 2.93. The van der Waals surface area contributed by atoms with E-state index in [9.17, 15) is 14.4 Å². The zero-order valence-corrected chi connectivity index (χ0v) is 15.0. The molecule has 25 heavy (non-hydrogen) atoms. The normalized spacial score (nSPS) is 17.4. The van der Waals surface area contributed by atoms with Gasteiger partial charge >= 0.3 is 18.0 Å². The van der Waals surface area contributed by atoms with Gasteiger partial charge in [0.15, 0.2) is 0 Å². The number of hydrogen-bond donors (Lipinski definition) is 1. The van der Waals surface area contributed by atoms with Crippen LogP contribution in [0.2, 0.25) is 0 Å². The molecule has 0 aliphatic carbocycles. The second kappa shape index (κ2) is 7.38. The summed E-state index contributed by atoms with van der Waals surface area (Å²) < 4.78 is 9.58. The lowest BCUT2D eigenvalue weighted by molar-refractivity contribution is -0.136. The summed E-state index contributed by atoms with van der Waals surface area (Å²) in [6.07, 6.45) is 0. The SMILES string of the molecule is COC(=O)C1=C(C)N(C(C)C)C(=O)N[C@@H]1c1ccc(C(=O)OC)cc1. The Balaban J connectivity index is 2.49. The van der Waals surface area contributed by atoms with Gasteiger partial charge in [0.05, 0.1) is 31.4 Å². The van der Waals surface area contributed by atoms with Crippen LogP contribution in [0.3, 0.4) is 0 Å². The summed E-state index contributed by atoms with van der Waals surface area (Å²) in [4.78, 5) is 37.9. The minimum Gasteiger partial charge on any atom is -0.466 e. The lowest BCUT2D eigenvalue weighted by atomic mass is 9.94. The Hall–Kier alpha value is -2.83. The number of nitrogens with one attached hydrogen (secondary N) is 1. The summed E-state index contributed by atoms with van der Waals surface area (Å²) in [5.41, 5.74) is 1.97. The minimum atomic E-state index is -0.651. The standard InChI is InChI=1S/C18H22N2O5/c1-10(2)20-11(3)14(17(22)25-5)15(19-18(20)23)12-6-8-13(9-7-12)16(21)24-4/h6-10,15H,1-5H3,(H,19,23)/t15-/m1/s1. The highest BCUT2D eigenvalue weighted by atomic mass is 16.5. The Kier molecular flexibility index (Phi) is 5.46. The molecule has 1 aliphatic heterocycles. The number of nitrogens with zero attached hydrogens (tertiary/aromatic N) is 1. The van der Waals surface area contributed by atoms with E-state index in [0.717, 1.165) is 0 Å². The van der Waals surface area contributed by atoms with Crippen LogP contribution in [0.1, 0.15) is 42.7 Å². The van der Waals surface area contributed by atoms with Crippen molar-refractivity contribution in [3.63, 3.8) is 0 Å². The molecular formula is C18H22N2O5. The van der Waals surface area contributed by atoms with Crippen LogP contribution >= 0.6 is 0 Å². The zero-order chi connectivity index (χ0) is 18.7. The molecule has 1 aromatic rings. The van der Waals surface area contributed by atoms with E-state index in [1.165, 1.54) is 19.1 Å². The van der Waals surface area contributed by atoms with E-state index in [1.54, 1.807) is 31.2 Å². The summed E-state index contributed by atoms with van der Waals surface area (Å²) in [5.74, 6) is -0.963. The van der Waals surface area contributed by atoms with Gasteiger partial charge in [-0.2, -0.15) is 0 Å². The van der Waals surface area contributed by atoms with Crippen LogP contribution in [0, 0.1) is 0 Å². The van der Waals surface area contributed by atoms with Crippen LogP contribution in [-0.2, 0) is 14.3 Å². The first-order chi connectivity index (χ1) is 11.8. The number of carbonyl (C=O) groups is 3. The summed E-state index contributed by atoms with van der Waals surface area (Å²) in [5, 5.41) is 2.83. The number of urea groups is 1. The molecule has 1 aliphatic rings. The highest BCUT2D eigenvalue weighted by Gasteiger charge is 2.37. The Morgan fingerprint density at radius 3 is 2.12 bits per heavy atom. The maximum atomic E-state index is 12.5. The third-order valence-electron chi connectivity index (χ3n) is 4.11. The molecule has 7 heteroatoms. The summed E-state index contributed by atoms with van der Waals surface area (Å²) in [6, 6.07) is 5.49. The zero-order valence-electron chi connectivity index (χ0n) is 15.0. The molecule has 0 radical (unpaired) electrons. The van der Waals surface area contributed by atoms with Gasteiger partial charge in [0, 0.05) is 11.7 Å². The smallest absolute Gasteiger partial charge is 0.337 e. The topological polar surface area (TPSA) is 84.9 Å². The van der Waals surface area contributed by atoms with Crippen molar-refractivity contribution in [1.82, 2.24) is 10.2 Å². The minimum absolute atomic E-state index is 0.109. The largest absolute Gasteiger partial charge is 0.466 e. The Bertz CT molecular complexity index is 721. The van der Waals surface area contributed by atoms with E-state index in [2.05, 4.69) is 10.1 Å². The fourth-order valence-electron chi connectivity index (χ4n) is 2.93. The van der Waals surface area contributed by atoms with Crippen molar-refractivity contribution >= 4 is 18.0 Å². The van der Waals surface area contributed by atoms with Crippen molar-refractivity contribution in [1.29, 1.82) is 0 Å². The molecule has 0 spiro atoms. The van der Waals surface area contributed by atoms with Crippen molar-refractivity contribution in [2.75, 3.05) is 14.2 Å². The quantitative estimate of drug-likeness (QED) is 0.846. The van der Waals surface area contributed by atoms with Crippen LogP contribution < -0.4 is 5.32 Å². The number of allylic oxidation sites excluding steroid dienone is 1. The van der Waals surface area contributed by atoms with E-state index in [-0.39, 0.29) is 12.1 Å². The third kappa shape index (κ3) is 3.50. The molecule has 1 atom stereocenters. The summed E-state index contributed by atoms with van der Waals surface area (Å²) >= 11 is 0. The number of carbonyl (C=O) groups excluding carboxylic acids is 3. The van der Waals surface area contributed by atoms with Gasteiger partial charge in [-0.15, -0.1) is 0 Å². The average Bonchev–Trinajstić information content (AvgIpc) is 2.59. The van der Waals surface area contributed by atoms with Crippen LogP contribution in [-0.4, -0.2) is 43.1 Å². The van der Waals surface area contributed by atoms with Crippen LogP contribution in [0.4, 0.5) is 4.79 Å². The molecule has 0 aromatic heterocycles. The lowest BCUT2D eigenvalue weighted by Crippen LogP contribution is -2.50.